The average molecular weight is 330 g/mol. The Balaban J connectivity index is 1.97. The first-order valence-corrected chi connectivity index (χ1v) is 8.68. The summed E-state index contributed by atoms with van der Waals surface area (Å²) in [6.07, 6.45) is 2.06. The van der Waals surface area contributed by atoms with E-state index in [2.05, 4.69) is 30.6 Å². The second kappa shape index (κ2) is 7.98. The fourth-order valence-corrected chi connectivity index (χ4v) is 3.67. The summed E-state index contributed by atoms with van der Waals surface area (Å²) in [4.78, 5) is 16.0. The fraction of sp³-hybridized carbons (Fsp3) is 0.278. The summed E-state index contributed by atoms with van der Waals surface area (Å²) in [6.45, 7) is 7.96. The molecule has 0 fully saturated rings. The lowest BCUT2D eigenvalue weighted by Gasteiger charge is -2.04. The number of esters is 1. The van der Waals surface area contributed by atoms with E-state index in [0.717, 1.165) is 9.75 Å². The summed E-state index contributed by atoms with van der Waals surface area (Å²) in [5.41, 5.74) is 0. The Hall–Kier alpha value is -1.83. The quantitative estimate of drug-likeness (QED) is 0.563. The van der Waals surface area contributed by atoms with Crippen molar-refractivity contribution in [3.05, 3.63) is 46.7 Å². The maximum atomic E-state index is 11.6. The topological polar surface area (TPSA) is 26.3 Å². The van der Waals surface area contributed by atoms with Crippen LogP contribution in [-0.2, 0) is 16.1 Å². The maximum absolute atomic E-state index is 11.6. The SMILES string of the molecule is C=CC#Cc1ccc(-c2ccc(COC(=O)CC(C)C)s2)s1. The predicted octanol–water partition coefficient (Wildman–Crippen LogP) is 5.10. The van der Waals surface area contributed by atoms with Gasteiger partial charge in [0.05, 0.1) is 4.88 Å². The molecule has 0 amide bonds. The number of hydrogen-bond acceptors (Lipinski definition) is 4. The van der Waals surface area contributed by atoms with E-state index in [-0.39, 0.29) is 5.97 Å². The van der Waals surface area contributed by atoms with E-state index >= 15 is 0 Å². The number of rotatable bonds is 5. The van der Waals surface area contributed by atoms with Crippen molar-refractivity contribution >= 4 is 28.6 Å². The van der Waals surface area contributed by atoms with E-state index in [4.69, 9.17) is 4.74 Å². The molecule has 0 aliphatic carbocycles. The van der Waals surface area contributed by atoms with Gasteiger partial charge in [-0.05, 0) is 36.3 Å². The van der Waals surface area contributed by atoms with Gasteiger partial charge in [-0.25, -0.2) is 0 Å². The summed E-state index contributed by atoms with van der Waals surface area (Å²) < 4.78 is 5.29. The van der Waals surface area contributed by atoms with Crippen molar-refractivity contribution in [2.24, 2.45) is 5.92 Å². The van der Waals surface area contributed by atoms with Gasteiger partial charge in [-0.15, -0.1) is 22.7 Å². The molecule has 0 aromatic carbocycles. The molecule has 0 atom stereocenters. The second-order valence-corrected chi connectivity index (χ2v) is 7.41. The van der Waals surface area contributed by atoms with Crippen LogP contribution in [0.5, 0.6) is 0 Å². The van der Waals surface area contributed by atoms with Gasteiger partial charge in [0.1, 0.15) is 6.61 Å². The Morgan fingerprint density at radius 1 is 1.27 bits per heavy atom. The zero-order chi connectivity index (χ0) is 15.9. The number of carbonyl (C=O) groups is 1. The van der Waals surface area contributed by atoms with Crippen LogP contribution >= 0.6 is 22.7 Å². The number of hydrogen-bond donors (Lipinski definition) is 0. The molecule has 0 radical (unpaired) electrons. The molecular weight excluding hydrogens is 312 g/mol. The van der Waals surface area contributed by atoms with Crippen molar-refractivity contribution in [2.75, 3.05) is 0 Å². The first kappa shape index (κ1) is 16.5. The highest BCUT2D eigenvalue weighted by Crippen LogP contribution is 2.33. The molecule has 0 aliphatic heterocycles. The van der Waals surface area contributed by atoms with E-state index in [1.54, 1.807) is 28.7 Å². The van der Waals surface area contributed by atoms with Crippen LogP contribution < -0.4 is 0 Å². The first-order valence-electron chi connectivity index (χ1n) is 7.05. The molecular formula is C18H18O2S2. The van der Waals surface area contributed by atoms with E-state index in [1.165, 1.54) is 9.75 Å². The summed E-state index contributed by atoms with van der Waals surface area (Å²) in [6, 6.07) is 8.15. The monoisotopic (exact) mass is 330 g/mol. The van der Waals surface area contributed by atoms with Gasteiger partial charge in [0.2, 0.25) is 0 Å². The van der Waals surface area contributed by atoms with Crippen molar-refractivity contribution in [3.63, 3.8) is 0 Å². The molecule has 2 nitrogen and oxygen atoms in total. The first-order chi connectivity index (χ1) is 10.6. The molecule has 2 heterocycles. The van der Waals surface area contributed by atoms with Crippen LogP contribution in [0.3, 0.4) is 0 Å². The lowest BCUT2D eigenvalue weighted by atomic mass is 10.1. The largest absolute Gasteiger partial charge is 0.460 e. The van der Waals surface area contributed by atoms with Crippen LogP contribution in [0.2, 0.25) is 0 Å². The summed E-state index contributed by atoms with van der Waals surface area (Å²) >= 11 is 3.30. The van der Waals surface area contributed by atoms with Crippen LogP contribution in [0.15, 0.2) is 36.9 Å². The summed E-state index contributed by atoms with van der Waals surface area (Å²) in [7, 11) is 0. The van der Waals surface area contributed by atoms with Gasteiger partial charge in [0, 0.05) is 21.1 Å². The van der Waals surface area contributed by atoms with Gasteiger partial charge in [-0.3, -0.25) is 4.79 Å². The van der Waals surface area contributed by atoms with Crippen LogP contribution in [-0.4, -0.2) is 5.97 Å². The van der Waals surface area contributed by atoms with Crippen molar-refractivity contribution in [3.8, 4) is 21.6 Å². The zero-order valence-corrected chi connectivity index (χ0v) is 14.4. The highest BCUT2D eigenvalue weighted by Gasteiger charge is 2.09. The number of thiophene rings is 2. The van der Waals surface area contributed by atoms with Crippen molar-refractivity contribution in [1.29, 1.82) is 0 Å². The summed E-state index contributed by atoms with van der Waals surface area (Å²) in [5.74, 6) is 6.08. The highest BCUT2D eigenvalue weighted by molar-refractivity contribution is 7.22. The third-order valence-electron chi connectivity index (χ3n) is 2.76. The molecule has 0 spiro atoms. The van der Waals surface area contributed by atoms with E-state index in [9.17, 15) is 4.79 Å². The Bertz CT molecular complexity index is 711. The third-order valence-corrected chi connectivity index (χ3v) is 5.01. The molecule has 2 aromatic rings. The normalized spacial score (nSPS) is 10.1. The van der Waals surface area contributed by atoms with E-state index in [1.807, 2.05) is 26.0 Å². The number of ether oxygens (including phenoxy) is 1. The molecule has 0 saturated heterocycles. The Labute approximate surface area is 139 Å². The maximum Gasteiger partial charge on any atom is 0.306 e. The zero-order valence-electron chi connectivity index (χ0n) is 12.7. The summed E-state index contributed by atoms with van der Waals surface area (Å²) in [5, 5.41) is 0. The lowest BCUT2D eigenvalue weighted by molar-refractivity contribution is -0.145. The van der Waals surface area contributed by atoms with Gasteiger partial charge in [0.15, 0.2) is 0 Å². The average Bonchev–Trinajstić information content (AvgIpc) is 3.11. The predicted molar refractivity (Wildman–Crippen MR) is 94.0 cm³/mol. The van der Waals surface area contributed by atoms with Crippen molar-refractivity contribution < 1.29 is 9.53 Å². The van der Waals surface area contributed by atoms with Gasteiger partial charge in [0.25, 0.3) is 0 Å². The molecule has 0 aliphatic rings. The Morgan fingerprint density at radius 2 is 2.00 bits per heavy atom. The third kappa shape index (κ3) is 4.87. The standard InChI is InChI=1S/C18H18O2S2/c1-4-5-6-14-7-9-16(21-14)17-10-8-15(22-17)12-20-18(19)11-13(2)3/h4,7-10,13H,1,11-12H2,2-3H3. The minimum absolute atomic E-state index is 0.136. The molecule has 22 heavy (non-hydrogen) atoms. The molecule has 114 valence electrons. The number of allylic oxidation sites excluding steroid dienone is 1. The Morgan fingerprint density at radius 3 is 2.73 bits per heavy atom. The van der Waals surface area contributed by atoms with Crippen LogP contribution in [0.25, 0.3) is 9.75 Å². The number of carbonyl (C=O) groups excluding carboxylic acids is 1. The van der Waals surface area contributed by atoms with E-state index < -0.39 is 0 Å². The highest BCUT2D eigenvalue weighted by atomic mass is 32.1. The van der Waals surface area contributed by atoms with Crippen LogP contribution in [0.4, 0.5) is 0 Å². The van der Waals surface area contributed by atoms with Gasteiger partial charge < -0.3 is 4.74 Å². The minimum Gasteiger partial charge on any atom is -0.460 e. The van der Waals surface area contributed by atoms with Gasteiger partial charge in [-0.2, -0.15) is 0 Å². The molecule has 2 rings (SSSR count). The molecule has 2 aromatic heterocycles. The minimum atomic E-state index is -0.136. The fourth-order valence-electron chi connectivity index (χ4n) is 1.79. The Kier molecular flexibility index (Phi) is 6.00. The van der Waals surface area contributed by atoms with Gasteiger partial charge >= 0.3 is 5.97 Å². The molecule has 0 unspecified atom stereocenters. The molecule has 4 heteroatoms. The van der Waals surface area contributed by atoms with E-state index in [0.29, 0.717) is 18.9 Å². The van der Waals surface area contributed by atoms with Crippen molar-refractivity contribution in [1.82, 2.24) is 0 Å². The van der Waals surface area contributed by atoms with Crippen LogP contribution in [0, 0.1) is 17.8 Å². The molecule has 0 saturated carbocycles. The lowest BCUT2D eigenvalue weighted by Crippen LogP contribution is -2.06. The van der Waals surface area contributed by atoms with Crippen molar-refractivity contribution in [2.45, 2.75) is 26.9 Å². The smallest absolute Gasteiger partial charge is 0.306 e. The van der Waals surface area contributed by atoms with Crippen LogP contribution in [0.1, 0.15) is 30.0 Å². The second-order valence-electron chi connectivity index (χ2n) is 5.16. The molecule has 0 N–H and O–H groups in total. The molecule has 0 bridgehead atoms. The van der Waals surface area contributed by atoms with Gasteiger partial charge in [-0.1, -0.05) is 32.3 Å².